The highest BCUT2D eigenvalue weighted by atomic mass is 35.5. The van der Waals surface area contributed by atoms with Crippen LogP contribution in [0, 0.1) is 5.41 Å². The van der Waals surface area contributed by atoms with Gasteiger partial charge >= 0.3 is 0 Å². The van der Waals surface area contributed by atoms with Crippen LogP contribution in [0.15, 0.2) is 23.4 Å². The average Bonchev–Trinajstić information content (AvgIpc) is 2.37. The molecule has 1 amide bonds. The molecule has 0 unspecified atom stereocenters. The second kappa shape index (κ2) is 6.12. The Morgan fingerprint density at radius 3 is 2.68 bits per heavy atom. The minimum atomic E-state index is -0.671. The smallest absolute Gasteiger partial charge is 0.252 e. The molecule has 0 heterocycles. The normalized spacial score (nSPS) is 12.3. The Morgan fingerprint density at radius 1 is 1.47 bits per heavy atom. The molecule has 0 aromatic heterocycles. The third kappa shape index (κ3) is 4.01. The van der Waals surface area contributed by atoms with E-state index in [-0.39, 0.29) is 23.9 Å². The lowest BCUT2D eigenvalue weighted by molar-refractivity contribution is 0.0944. The zero-order chi connectivity index (χ0) is 14.6. The van der Waals surface area contributed by atoms with Gasteiger partial charge in [-0.05, 0) is 18.2 Å². The number of carbonyl (C=O) groups is 1. The number of nitrogens with zero attached hydrogens (tertiary/aromatic N) is 1. The van der Waals surface area contributed by atoms with Gasteiger partial charge in [-0.15, -0.1) is 0 Å². The van der Waals surface area contributed by atoms with Crippen molar-refractivity contribution >= 4 is 34.9 Å². The Morgan fingerprint density at radius 2 is 2.11 bits per heavy atom. The van der Waals surface area contributed by atoms with Crippen molar-refractivity contribution in [2.45, 2.75) is 13.8 Å². The predicted molar refractivity (Wildman–Crippen MR) is 76.0 cm³/mol. The fourth-order valence-electron chi connectivity index (χ4n) is 1.29. The lowest BCUT2D eigenvalue weighted by Gasteiger charge is -2.23. The van der Waals surface area contributed by atoms with E-state index < -0.39 is 5.41 Å². The third-order valence-corrected chi connectivity index (χ3v) is 3.23. The molecule has 0 radical (unpaired) electrons. The van der Waals surface area contributed by atoms with Gasteiger partial charge in [-0.3, -0.25) is 4.79 Å². The summed E-state index contributed by atoms with van der Waals surface area (Å²) in [5, 5.41) is 15.0. The standard InChI is InChI=1S/C12H15Cl2N3O2/c1-12(2,11(15)17-19)6-16-10(18)8-5-7(13)3-4-9(8)14/h3-5,19H,6H2,1-2H3,(H2,15,17)(H,16,18). The van der Waals surface area contributed by atoms with Gasteiger partial charge in [0.1, 0.15) is 5.84 Å². The van der Waals surface area contributed by atoms with E-state index in [9.17, 15) is 4.79 Å². The van der Waals surface area contributed by atoms with Gasteiger partial charge in [-0.1, -0.05) is 42.2 Å². The van der Waals surface area contributed by atoms with Crippen LogP contribution >= 0.6 is 23.2 Å². The van der Waals surface area contributed by atoms with E-state index in [4.69, 9.17) is 34.1 Å². The first-order valence-corrected chi connectivity index (χ1v) is 6.25. The molecule has 7 heteroatoms. The molecule has 0 aliphatic rings. The summed E-state index contributed by atoms with van der Waals surface area (Å²) >= 11 is 11.7. The van der Waals surface area contributed by atoms with E-state index in [1.165, 1.54) is 6.07 Å². The van der Waals surface area contributed by atoms with Crippen molar-refractivity contribution in [3.05, 3.63) is 33.8 Å². The maximum absolute atomic E-state index is 12.0. The summed E-state index contributed by atoms with van der Waals surface area (Å²) < 4.78 is 0. The number of carbonyl (C=O) groups excluding carboxylic acids is 1. The fraction of sp³-hybridized carbons (Fsp3) is 0.333. The summed E-state index contributed by atoms with van der Waals surface area (Å²) in [6, 6.07) is 4.63. The predicted octanol–water partition coefficient (Wildman–Crippen LogP) is 2.50. The van der Waals surface area contributed by atoms with Crippen LogP contribution in [-0.4, -0.2) is 23.5 Å². The molecule has 0 aliphatic carbocycles. The molecule has 0 spiro atoms. The summed E-state index contributed by atoms with van der Waals surface area (Å²) in [6.07, 6.45) is 0. The molecule has 1 aromatic carbocycles. The molecular formula is C12H15Cl2N3O2. The number of nitrogens with two attached hydrogens (primary N) is 1. The number of rotatable bonds is 4. The first-order chi connectivity index (χ1) is 8.77. The second-order valence-electron chi connectivity index (χ2n) is 4.68. The monoisotopic (exact) mass is 303 g/mol. The minimum absolute atomic E-state index is 0.0324. The van der Waals surface area contributed by atoms with Crippen LogP contribution in [0.4, 0.5) is 0 Å². The maximum atomic E-state index is 12.0. The molecule has 1 aromatic rings. The fourth-order valence-corrected chi connectivity index (χ4v) is 1.67. The van der Waals surface area contributed by atoms with Crippen molar-refractivity contribution in [3.63, 3.8) is 0 Å². The summed E-state index contributed by atoms with van der Waals surface area (Å²) in [5.41, 5.74) is 5.14. The van der Waals surface area contributed by atoms with Gasteiger partial charge in [-0.2, -0.15) is 0 Å². The molecule has 5 nitrogen and oxygen atoms in total. The third-order valence-electron chi connectivity index (χ3n) is 2.67. The molecule has 0 bridgehead atoms. The largest absolute Gasteiger partial charge is 0.409 e. The zero-order valence-corrected chi connectivity index (χ0v) is 12.1. The molecule has 104 valence electrons. The van der Waals surface area contributed by atoms with Crippen molar-refractivity contribution in [1.82, 2.24) is 5.32 Å². The number of halogens is 2. The highest BCUT2D eigenvalue weighted by Crippen LogP contribution is 2.21. The molecule has 0 aliphatic heterocycles. The van der Waals surface area contributed by atoms with E-state index in [1.54, 1.807) is 26.0 Å². The second-order valence-corrected chi connectivity index (χ2v) is 5.52. The first-order valence-electron chi connectivity index (χ1n) is 5.49. The van der Waals surface area contributed by atoms with Gasteiger partial charge in [0.25, 0.3) is 5.91 Å². The maximum Gasteiger partial charge on any atom is 0.252 e. The highest BCUT2D eigenvalue weighted by molar-refractivity contribution is 6.35. The van der Waals surface area contributed by atoms with Gasteiger partial charge < -0.3 is 16.3 Å². The topological polar surface area (TPSA) is 87.7 Å². The molecule has 19 heavy (non-hydrogen) atoms. The van der Waals surface area contributed by atoms with Crippen LogP contribution in [0.25, 0.3) is 0 Å². The van der Waals surface area contributed by atoms with Gasteiger partial charge in [-0.25, -0.2) is 0 Å². The Balaban J connectivity index is 2.79. The summed E-state index contributed by atoms with van der Waals surface area (Å²) in [7, 11) is 0. The van der Waals surface area contributed by atoms with Crippen LogP contribution < -0.4 is 11.1 Å². The van der Waals surface area contributed by atoms with Gasteiger partial charge in [0.15, 0.2) is 0 Å². The lowest BCUT2D eigenvalue weighted by atomic mass is 9.92. The van der Waals surface area contributed by atoms with Gasteiger partial charge in [0.2, 0.25) is 0 Å². The van der Waals surface area contributed by atoms with Crippen molar-refractivity contribution in [1.29, 1.82) is 0 Å². The molecule has 0 fully saturated rings. The Labute approximate surface area is 121 Å². The zero-order valence-electron chi connectivity index (χ0n) is 10.6. The van der Waals surface area contributed by atoms with E-state index in [1.807, 2.05) is 0 Å². The number of hydrogen-bond acceptors (Lipinski definition) is 3. The quantitative estimate of drug-likeness (QED) is 0.345. The van der Waals surface area contributed by atoms with Crippen LogP contribution in [0.5, 0.6) is 0 Å². The molecular weight excluding hydrogens is 289 g/mol. The molecule has 0 atom stereocenters. The number of nitrogens with one attached hydrogen (secondary N) is 1. The van der Waals surface area contributed by atoms with Crippen LogP contribution in [-0.2, 0) is 0 Å². The van der Waals surface area contributed by atoms with E-state index >= 15 is 0 Å². The first kappa shape index (κ1) is 15.6. The van der Waals surface area contributed by atoms with Crippen molar-refractivity contribution in [2.24, 2.45) is 16.3 Å². The number of hydrogen-bond donors (Lipinski definition) is 3. The van der Waals surface area contributed by atoms with Crippen LogP contribution in [0.1, 0.15) is 24.2 Å². The minimum Gasteiger partial charge on any atom is -0.409 e. The molecule has 0 saturated heterocycles. The Hall–Kier alpha value is -1.46. The number of amidine groups is 1. The van der Waals surface area contributed by atoms with E-state index in [2.05, 4.69) is 10.5 Å². The lowest BCUT2D eigenvalue weighted by Crippen LogP contribution is -2.42. The van der Waals surface area contributed by atoms with E-state index in [0.717, 1.165) is 0 Å². The van der Waals surface area contributed by atoms with E-state index in [0.29, 0.717) is 10.0 Å². The highest BCUT2D eigenvalue weighted by Gasteiger charge is 2.25. The van der Waals surface area contributed by atoms with Crippen molar-refractivity contribution < 1.29 is 10.0 Å². The number of amides is 1. The number of oxime groups is 1. The molecule has 4 N–H and O–H groups in total. The van der Waals surface area contributed by atoms with Crippen LogP contribution in [0.3, 0.4) is 0 Å². The molecule has 1 rings (SSSR count). The SMILES string of the molecule is CC(C)(CNC(=O)c1cc(Cl)ccc1Cl)/C(N)=N/O. The Kier molecular flexibility index (Phi) is 5.03. The summed E-state index contributed by atoms with van der Waals surface area (Å²) in [6.45, 7) is 3.67. The van der Waals surface area contributed by atoms with Crippen LogP contribution in [0.2, 0.25) is 10.0 Å². The van der Waals surface area contributed by atoms with Gasteiger partial charge in [0.05, 0.1) is 10.6 Å². The van der Waals surface area contributed by atoms with Crippen molar-refractivity contribution in [3.8, 4) is 0 Å². The van der Waals surface area contributed by atoms with Crippen molar-refractivity contribution in [2.75, 3.05) is 6.54 Å². The average molecular weight is 304 g/mol. The van der Waals surface area contributed by atoms with Gasteiger partial charge in [0, 0.05) is 17.0 Å². The molecule has 0 saturated carbocycles. The number of benzene rings is 1. The summed E-state index contributed by atoms with van der Waals surface area (Å²) in [4.78, 5) is 12.0. The summed E-state index contributed by atoms with van der Waals surface area (Å²) in [5.74, 6) is -0.337. The Bertz CT molecular complexity index is 516.